The molecule has 0 spiro atoms. The van der Waals surface area contributed by atoms with Gasteiger partial charge in [0.15, 0.2) is 6.29 Å². The van der Waals surface area contributed by atoms with Crippen molar-refractivity contribution < 1.29 is 19.2 Å². The van der Waals surface area contributed by atoms with Gasteiger partial charge in [0.1, 0.15) is 0 Å². The number of nitrogens with zero attached hydrogens (tertiary/aromatic N) is 1. The average Bonchev–Trinajstić information content (AvgIpc) is 2.65. The van der Waals surface area contributed by atoms with Crippen molar-refractivity contribution in [2.75, 3.05) is 13.2 Å². The fourth-order valence-corrected chi connectivity index (χ4v) is 2.77. The van der Waals surface area contributed by atoms with Gasteiger partial charge in [0.2, 0.25) is 0 Å². The van der Waals surface area contributed by atoms with Crippen LogP contribution >= 0.6 is 0 Å². The van der Waals surface area contributed by atoms with Gasteiger partial charge in [-0.3, -0.25) is 14.9 Å². The van der Waals surface area contributed by atoms with Crippen LogP contribution in [0, 0.1) is 10.1 Å². The molecule has 1 heterocycles. The lowest BCUT2D eigenvalue weighted by molar-refractivity contribution is -0.384. The molecule has 2 aromatic rings. The SMILES string of the molecule is O=C(N[C@H]1CCCO[C@H](c2ccc([N+](=O)[O-])cc2)OC1)c1ccccc1. The first-order valence-corrected chi connectivity index (χ1v) is 8.47. The summed E-state index contributed by atoms with van der Waals surface area (Å²) in [6, 6.07) is 15.0. The van der Waals surface area contributed by atoms with Crippen LogP contribution in [0.2, 0.25) is 0 Å². The number of amides is 1. The highest BCUT2D eigenvalue weighted by Gasteiger charge is 2.21. The molecule has 3 rings (SSSR count). The molecule has 26 heavy (non-hydrogen) atoms. The number of hydrogen-bond acceptors (Lipinski definition) is 5. The van der Waals surface area contributed by atoms with Gasteiger partial charge in [-0.2, -0.15) is 0 Å². The van der Waals surface area contributed by atoms with Gasteiger partial charge in [0, 0.05) is 23.3 Å². The Morgan fingerprint density at radius 2 is 1.81 bits per heavy atom. The molecule has 1 fully saturated rings. The van der Waals surface area contributed by atoms with Crippen LogP contribution in [0.4, 0.5) is 5.69 Å². The number of nitro groups is 1. The van der Waals surface area contributed by atoms with Crippen molar-refractivity contribution in [3.05, 3.63) is 75.8 Å². The number of carbonyl (C=O) groups excluding carboxylic acids is 1. The predicted octanol–water partition coefficient (Wildman–Crippen LogP) is 3.22. The highest BCUT2D eigenvalue weighted by molar-refractivity contribution is 5.94. The zero-order valence-corrected chi connectivity index (χ0v) is 14.2. The summed E-state index contributed by atoms with van der Waals surface area (Å²) in [4.78, 5) is 22.6. The summed E-state index contributed by atoms with van der Waals surface area (Å²) in [6.45, 7) is 0.791. The number of non-ortho nitro benzene ring substituents is 1. The van der Waals surface area contributed by atoms with E-state index in [1.807, 2.05) is 18.2 Å². The molecule has 0 saturated carbocycles. The molecule has 2 aromatic carbocycles. The molecule has 1 amide bonds. The second kappa shape index (κ2) is 8.55. The van der Waals surface area contributed by atoms with Gasteiger partial charge in [0.05, 0.1) is 24.2 Å². The lowest BCUT2D eigenvalue weighted by Crippen LogP contribution is -2.39. The van der Waals surface area contributed by atoms with Gasteiger partial charge in [0.25, 0.3) is 11.6 Å². The zero-order chi connectivity index (χ0) is 18.4. The lowest BCUT2D eigenvalue weighted by Gasteiger charge is -2.27. The predicted molar refractivity (Wildman–Crippen MR) is 94.7 cm³/mol. The number of nitro benzene ring substituents is 1. The zero-order valence-electron chi connectivity index (χ0n) is 14.2. The van der Waals surface area contributed by atoms with Gasteiger partial charge < -0.3 is 14.8 Å². The molecule has 1 N–H and O–H groups in total. The minimum Gasteiger partial charge on any atom is -0.348 e. The first-order chi connectivity index (χ1) is 12.6. The molecule has 2 atom stereocenters. The maximum Gasteiger partial charge on any atom is 0.269 e. The molecule has 1 saturated heterocycles. The van der Waals surface area contributed by atoms with Gasteiger partial charge >= 0.3 is 0 Å². The van der Waals surface area contributed by atoms with Gasteiger partial charge in [-0.1, -0.05) is 18.2 Å². The fourth-order valence-electron chi connectivity index (χ4n) is 2.77. The molecule has 7 heteroatoms. The molecular formula is C19H20N2O5. The Balaban J connectivity index is 1.61. The van der Waals surface area contributed by atoms with Crippen LogP contribution in [0.25, 0.3) is 0 Å². The second-order valence-electron chi connectivity index (χ2n) is 6.06. The van der Waals surface area contributed by atoms with E-state index in [0.29, 0.717) is 24.3 Å². The second-order valence-corrected chi connectivity index (χ2v) is 6.06. The molecule has 1 aliphatic rings. The van der Waals surface area contributed by atoms with Crippen LogP contribution < -0.4 is 5.32 Å². The van der Waals surface area contributed by atoms with Gasteiger partial charge in [-0.15, -0.1) is 0 Å². The molecule has 0 unspecified atom stereocenters. The number of carbonyl (C=O) groups is 1. The van der Waals surface area contributed by atoms with Crippen molar-refractivity contribution >= 4 is 11.6 Å². The lowest BCUT2D eigenvalue weighted by atomic mass is 10.1. The molecule has 7 nitrogen and oxygen atoms in total. The Kier molecular flexibility index (Phi) is 5.93. The van der Waals surface area contributed by atoms with E-state index in [1.54, 1.807) is 24.3 Å². The maximum atomic E-state index is 12.3. The smallest absolute Gasteiger partial charge is 0.269 e. The summed E-state index contributed by atoms with van der Waals surface area (Å²) in [5.41, 5.74) is 1.34. The molecule has 1 aliphatic heterocycles. The van der Waals surface area contributed by atoms with Crippen molar-refractivity contribution in [3.8, 4) is 0 Å². The van der Waals surface area contributed by atoms with Crippen LogP contribution in [0.3, 0.4) is 0 Å². The summed E-state index contributed by atoms with van der Waals surface area (Å²) in [5.74, 6) is -0.132. The van der Waals surface area contributed by atoms with Crippen molar-refractivity contribution in [2.24, 2.45) is 0 Å². The van der Waals surface area contributed by atoms with E-state index in [2.05, 4.69) is 5.32 Å². The number of ether oxygens (including phenoxy) is 2. The molecule has 0 aromatic heterocycles. The van der Waals surface area contributed by atoms with Crippen LogP contribution in [0.15, 0.2) is 54.6 Å². The standard InChI is InChI=1S/C19H20N2O5/c22-18(14-5-2-1-3-6-14)20-16-7-4-12-25-19(26-13-16)15-8-10-17(11-9-15)21(23)24/h1-3,5-6,8-11,16,19H,4,7,12-13H2,(H,20,22)/t16-,19-/m0/s1. The first-order valence-electron chi connectivity index (χ1n) is 8.47. The van der Waals surface area contributed by atoms with Gasteiger partial charge in [-0.25, -0.2) is 0 Å². The number of hydrogen-bond donors (Lipinski definition) is 1. The minimum atomic E-state index is -0.604. The van der Waals surface area contributed by atoms with E-state index in [0.717, 1.165) is 12.8 Å². The Labute approximate surface area is 151 Å². The van der Waals surface area contributed by atoms with Gasteiger partial charge in [-0.05, 0) is 37.1 Å². The molecule has 136 valence electrons. The van der Waals surface area contributed by atoms with Crippen LogP contribution in [-0.4, -0.2) is 30.1 Å². The summed E-state index contributed by atoms with van der Waals surface area (Å²) in [5, 5.41) is 13.7. The van der Waals surface area contributed by atoms with Crippen LogP contribution in [0.5, 0.6) is 0 Å². The molecular weight excluding hydrogens is 336 g/mol. The topological polar surface area (TPSA) is 90.7 Å². The third-order valence-corrected chi connectivity index (χ3v) is 4.16. The van der Waals surface area contributed by atoms with Crippen molar-refractivity contribution in [2.45, 2.75) is 25.2 Å². The molecule has 0 radical (unpaired) electrons. The fraction of sp³-hybridized carbons (Fsp3) is 0.316. The molecule has 0 bridgehead atoms. The molecule has 0 aliphatic carbocycles. The minimum absolute atomic E-state index is 0.0209. The Morgan fingerprint density at radius 3 is 2.50 bits per heavy atom. The maximum absolute atomic E-state index is 12.3. The highest BCUT2D eigenvalue weighted by Crippen LogP contribution is 2.24. The Morgan fingerprint density at radius 1 is 1.08 bits per heavy atom. The summed E-state index contributed by atoms with van der Waals surface area (Å²) in [7, 11) is 0. The van der Waals surface area contributed by atoms with E-state index in [4.69, 9.17) is 9.47 Å². The third kappa shape index (κ3) is 4.65. The summed E-state index contributed by atoms with van der Waals surface area (Å²) >= 11 is 0. The van der Waals surface area contributed by atoms with Crippen LogP contribution in [0.1, 0.15) is 35.1 Å². The van der Waals surface area contributed by atoms with E-state index < -0.39 is 11.2 Å². The van der Waals surface area contributed by atoms with E-state index in [9.17, 15) is 14.9 Å². The Bertz CT molecular complexity index is 748. The first kappa shape index (κ1) is 18.0. The van der Waals surface area contributed by atoms with Crippen molar-refractivity contribution in [1.29, 1.82) is 0 Å². The van der Waals surface area contributed by atoms with E-state index >= 15 is 0 Å². The Hall–Kier alpha value is -2.77. The largest absolute Gasteiger partial charge is 0.348 e. The average molecular weight is 356 g/mol. The van der Waals surface area contributed by atoms with Crippen molar-refractivity contribution in [3.63, 3.8) is 0 Å². The normalized spacial score (nSPS) is 20.6. The van der Waals surface area contributed by atoms with Crippen molar-refractivity contribution in [1.82, 2.24) is 5.32 Å². The van der Waals surface area contributed by atoms with E-state index in [-0.39, 0.29) is 17.6 Å². The monoisotopic (exact) mass is 356 g/mol. The van der Waals surface area contributed by atoms with Crippen LogP contribution in [-0.2, 0) is 9.47 Å². The summed E-state index contributed by atoms with van der Waals surface area (Å²) < 4.78 is 11.5. The van der Waals surface area contributed by atoms with E-state index in [1.165, 1.54) is 12.1 Å². The number of benzene rings is 2. The third-order valence-electron chi connectivity index (χ3n) is 4.16. The summed E-state index contributed by atoms with van der Waals surface area (Å²) in [6.07, 6.45) is 0.935. The highest BCUT2D eigenvalue weighted by atomic mass is 16.7. The number of rotatable bonds is 4. The quantitative estimate of drug-likeness (QED) is 0.671. The number of nitrogens with one attached hydrogen (secondary N) is 1.